The van der Waals surface area contributed by atoms with Crippen LogP contribution in [-0.2, 0) is 0 Å². The summed E-state index contributed by atoms with van der Waals surface area (Å²) in [7, 11) is 0. The second-order valence-electron chi connectivity index (χ2n) is 4.06. The molecule has 0 spiro atoms. The summed E-state index contributed by atoms with van der Waals surface area (Å²) in [5, 5.41) is 12.4. The Morgan fingerprint density at radius 2 is 1.85 bits per heavy atom. The van der Waals surface area contributed by atoms with Crippen molar-refractivity contribution >= 4 is 44.7 Å². The highest BCUT2D eigenvalue weighted by Crippen LogP contribution is 2.23. The molecule has 102 valence electrons. The number of anilines is 1. The van der Waals surface area contributed by atoms with Crippen LogP contribution in [0, 0.1) is 0 Å². The van der Waals surface area contributed by atoms with Crippen LogP contribution in [0.1, 0.15) is 15.9 Å². The Hall–Kier alpha value is -1.92. The quantitative estimate of drug-likeness (QED) is 0.743. The largest absolute Gasteiger partial charge is 0.507 e. The van der Waals surface area contributed by atoms with Crippen molar-refractivity contribution in [3.8, 4) is 5.75 Å². The van der Waals surface area contributed by atoms with E-state index in [1.807, 2.05) is 0 Å². The molecule has 0 aromatic heterocycles. The van der Waals surface area contributed by atoms with E-state index in [0.29, 0.717) is 15.1 Å². The predicted octanol–water partition coefficient (Wildman–Crippen LogP) is 3.04. The molecule has 0 bridgehead atoms. The summed E-state index contributed by atoms with van der Waals surface area (Å²) in [6.07, 6.45) is 0. The van der Waals surface area contributed by atoms with Gasteiger partial charge in [0.05, 0.1) is 5.56 Å². The molecule has 0 heterocycles. The van der Waals surface area contributed by atoms with E-state index in [0.717, 1.165) is 5.56 Å². The minimum atomic E-state index is -0.396. The zero-order valence-corrected chi connectivity index (χ0v) is 12.7. The Kier molecular flexibility index (Phi) is 4.36. The monoisotopic (exact) mass is 350 g/mol. The van der Waals surface area contributed by atoms with Gasteiger partial charge in [0, 0.05) is 15.7 Å². The zero-order chi connectivity index (χ0) is 14.7. The molecule has 0 radical (unpaired) electrons. The lowest BCUT2D eigenvalue weighted by atomic mass is 10.1. The lowest BCUT2D eigenvalue weighted by molar-refractivity contribution is 0.102. The number of nitrogens with two attached hydrogens (primary N) is 1. The molecule has 4 nitrogen and oxygen atoms in total. The third-order valence-corrected chi connectivity index (χ3v) is 3.36. The molecule has 6 heteroatoms. The number of nitrogens with one attached hydrogen (secondary N) is 1. The Balaban J connectivity index is 2.19. The molecule has 0 fully saturated rings. The van der Waals surface area contributed by atoms with Crippen LogP contribution in [-0.4, -0.2) is 16.0 Å². The molecule has 0 saturated carbocycles. The molecular formula is C14H11BrN2O2S. The van der Waals surface area contributed by atoms with Gasteiger partial charge in [0.15, 0.2) is 0 Å². The first-order chi connectivity index (χ1) is 9.47. The number of benzene rings is 2. The number of aromatic hydroxyl groups is 1. The van der Waals surface area contributed by atoms with E-state index in [4.69, 9.17) is 18.0 Å². The standard InChI is InChI=1S/C14H11BrN2O2S/c15-9-3-6-12(18)11(7-9)14(19)17-10-4-1-8(2-5-10)13(16)20/h1-7,18H,(H2,16,20)(H,17,19). The van der Waals surface area contributed by atoms with Crippen molar-refractivity contribution < 1.29 is 9.90 Å². The van der Waals surface area contributed by atoms with Crippen molar-refractivity contribution in [3.05, 3.63) is 58.1 Å². The van der Waals surface area contributed by atoms with Crippen LogP contribution in [0.3, 0.4) is 0 Å². The van der Waals surface area contributed by atoms with E-state index in [1.54, 1.807) is 36.4 Å². The molecule has 4 N–H and O–H groups in total. The SMILES string of the molecule is NC(=S)c1ccc(NC(=O)c2cc(Br)ccc2O)cc1. The summed E-state index contributed by atoms with van der Waals surface area (Å²) in [6, 6.07) is 11.5. The number of thiocarbonyl (C=S) groups is 1. The zero-order valence-electron chi connectivity index (χ0n) is 10.3. The number of carbonyl (C=O) groups excluding carboxylic acids is 1. The van der Waals surface area contributed by atoms with Crippen molar-refractivity contribution in [1.82, 2.24) is 0 Å². The minimum absolute atomic E-state index is 0.0783. The first kappa shape index (κ1) is 14.5. The van der Waals surface area contributed by atoms with E-state index < -0.39 is 5.91 Å². The van der Waals surface area contributed by atoms with Crippen LogP contribution in [0.25, 0.3) is 0 Å². The smallest absolute Gasteiger partial charge is 0.259 e. The van der Waals surface area contributed by atoms with E-state index in [9.17, 15) is 9.90 Å². The first-order valence-electron chi connectivity index (χ1n) is 5.67. The number of halogens is 1. The second-order valence-corrected chi connectivity index (χ2v) is 5.41. The van der Waals surface area contributed by atoms with Crippen molar-refractivity contribution in [2.45, 2.75) is 0 Å². The molecule has 2 rings (SSSR count). The average molecular weight is 351 g/mol. The Morgan fingerprint density at radius 1 is 1.20 bits per heavy atom. The maximum atomic E-state index is 12.1. The van der Waals surface area contributed by atoms with Crippen LogP contribution in [0.4, 0.5) is 5.69 Å². The van der Waals surface area contributed by atoms with Gasteiger partial charge in [-0.25, -0.2) is 0 Å². The van der Waals surface area contributed by atoms with Crippen molar-refractivity contribution in [3.63, 3.8) is 0 Å². The van der Waals surface area contributed by atoms with Gasteiger partial charge >= 0.3 is 0 Å². The van der Waals surface area contributed by atoms with Gasteiger partial charge < -0.3 is 16.2 Å². The maximum Gasteiger partial charge on any atom is 0.259 e. The summed E-state index contributed by atoms with van der Waals surface area (Å²) in [4.78, 5) is 12.4. The summed E-state index contributed by atoms with van der Waals surface area (Å²) >= 11 is 8.11. The van der Waals surface area contributed by atoms with Crippen LogP contribution in [0.2, 0.25) is 0 Å². The summed E-state index contributed by atoms with van der Waals surface area (Å²) < 4.78 is 0.712. The highest BCUT2D eigenvalue weighted by molar-refractivity contribution is 9.10. The summed E-state index contributed by atoms with van der Waals surface area (Å²) in [5.74, 6) is -0.475. The van der Waals surface area contributed by atoms with Gasteiger partial charge in [-0.1, -0.05) is 28.1 Å². The number of phenolic OH excluding ortho intramolecular Hbond substituents is 1. The van der Waals surface area contributed by atoms with Gasteiger partial charge in [0.2, 0.25) is 0 Å². The molecule has 0 aliphatic rings. The lowest BCUT2D eigenvalue weighted by Gasteiger charge is -2.08. The predicted molar refractivity (Wildman–Crippen MR) is 86.1 cm³/mol. The Morgan fingerprint density at radius 3 is 2.45 bits per heavy atom. The Labute approximate surface area is 129 Å². The number of carbonyl (C=O) groups is 1. The van der Waals surface area contributed by atoms with Gasteiger partial charge in [-0.05, 0) is 42.5 Å². The maximum absolute atomic E-state index is 12.1. The Bertz CT molecular complexity index is 671. The van der Waals surface area contributed by atoms with E-state index in [1.165, 1.54) is 6.07 Å². The molecule has 20 heavy (non-hydrogen) atoms. The molecule has 0 aliphatic carbocycles. The van der Waals surface area contributed by atoms with Crippen molar-refractivity contribution in [2.24, 2.45) is 5.73 Å². The fourth-order valence-electron chi connectivity index (χ4n) is 1.61. The molecule has 2 aromatic carbocycles. The number of hydrogen-bond donors (Lipinski definition) is 3. The van der Waals surface area contributed by atoms with Crippen molar-refractivity contribution in [1.29, 1.82) is 0 Å². The van der Waals surface area contributed by atoms with Gasteiger partial charge in [0.1, 0.15) is 10.7 Å². The van der Waals surface area contributed by atoms with Crippen LogP contribution in [0.5, 0.6) is 5.75 Å². The number of rotatable bonds is 3. The van der Waals surface area contributed by atoms with Gasteiger partial charge in [-0.3, -0.25) is 4.79 Å². The second kappa shape index (κ2) is 6.02. The van der Waals surface area contributed by atoms with Crippen molar-refractivity contribution in [2.75, 3.05) is 5.32 Å². The van der Waals surface area contributed by atoms with Crippen LogP contribution < -0.4 is 11.1 Å². The minimum Gasteiger partial charge on any atom is -0.507 e. The number of hydrogen-bond acceptors (Lipinski definition) is 3. The fraction of sp³-hybridized carbons (Fsp3) is 0. The van der Waals surface area contributed by atoms with E-state index in [2.05, 4.69) is 21.2 Å². The highest BCUT2D eigenvalue weighted by Gasteiger charge is 2.11. The van der Waals surface area contributed by atoms with Gasteiger partial charge in [0.25, 0.3) is 5.91 Å². The molecular weight excluding hydrogens is 340 g/mol. The number of phenols is 1. The van der Waals surface area contributed by atoms with Crippen LogP contribution in [0.15, 0.2) is 46.9 Å². The molecule has 2 aromatic rings. The normalized spacial score (nSPS) is 10.1. The molecule has 0 saturated heterocycles. The molecule has 0 unspecified atom stereocenters. The topological polar surface area (TPSA) is 75.3 Å². The molecule has 0 atom stereocenters. The number of amides is 1. The van der Waals surface area contributed by atoms with Gasteiger partial charge in [-0.15, -0.1) is 0 Å². The van der Waals surface area contributed by atoms with Crippen LogP contribution >= 0.6 is 28.1 Å². The summed E-state index contributed by atoms with van der Waals surface area (Å²) in [5.41, 5.74) is 7.01. The summed E-state index contributed by atoms with van der Waals surface area (Å²) in [6.45, 7) is 0. The molecule has 1 amide bonds. The average Bonchev–Trinajstić information content (AvgIpc) is 2.42. The third-order valence-electron chi connectivity index (χ3n) is 2.63. The van der Waals surface area contributed by atoms with E-state index in [-0.39, 0.29) is 11.3 Å². The fourth-order valence-corrected chi connectivity index (χ4v) is 2.10. The lowest BCUT2D eigenvalue weighted by Crippen LogP contribution is -2.13. The van der Waals surface area contributed by atoms with E-state index >= 15 is 0 Å². The third kappa shape index (κ3) is 3.34. The van der Waals surface area contributed by atoms with Gasteiger partial charge in [-0.2, -0.15) is 0 Å². The molecule has 0 aliphatic heterocycles. The first-order valence-corrected chi connectivity index (χ1v) is 6.87. The highest BCUT2D eigenvalue weighted by atomic mass is 79.9.